The molecule has 0 saturated carbocycles. The highest BCUT2D eigenvalue weighted by atomic mass is 16.6. The molecule has 0 saturated heterocycles. The molecule has 1 atom stereocenters. The minimum atomic E-state index is -0.492. The molecule has 0 radical (unpaired) electrons. The van der Waals surface area contributed by atoms with Crippen LogP contribution in [0.1, 0.15) is 45.3 Å². The summed E-state index contributed by atoms with van der Waals surface area (Å²) in [4.78, 5) is 17.9. The van der Waals surface area contributed by atoms with E-state index in [0.29, 0.717) is 18.9 Å². The van der Waals surface area contributed by atoms with Crippen molar-refractivity contribution in [2.24, 2.45) is 0 Å². The molecule has 0 aromatic carbocycles. The van der Waals surface area contributed by atoms with Crippen molar-refractivity contribution in [1.29, 1.82) is 0 Å². The van der Waals surface area contributed by atoms with Crippen LogP contribution in [0.3, 0.4) is 0 Å². The number of aromatic nitrogens is 2. The van der Waals surface area contributed by atoms with Gasteiger partial charge in [0.25, 0.3) is 0 Å². The van der Waals surface area contributed by atoms with E-state index in [0.717, 1.165) is 5.69 Å². The predicted molar refractivity (Wildman–Crippen MR) is 69.5 cm³/mol. The molecule has 0 fully saturated rings. The molecule has 0 unspecified atom stereocenters. The number of ether oxygens (including phenoxy) is 1. The monoisotopic (exact) mass is 267 g/mol. The second-order valence-electron chi connectivity index (χ2n) is 5.90. The van der Waals surface area contributed by atoms with E-state index in [-0.39, 0.29) is 18.7 Å². The largest absolute Gasteiger partial charge is 0.444 e. The Morgan fingerprint density at radius 1 is 1.58 bits per heavy atom. The summed E-state index contributed by atoms with van der Waals surface area (Å²) in [6.45, 7) is 8.50. The number of carbonyl (C=O) groups is 1. The van der Waals surface area contributed by atoms with Crippen LogP contribution in [0.15, 0.2) is 6.20 Å². The van der Waals surface area contributed by atoms with E-state index in [1.807, 2.05) is 32.3 Å². The van der Waals surface area contributed by atoms with E-state index in [2.05, 4.69) is 4.98 Å². The Hall–Kier alpha value is -1.56. The normalized spacial score (nSPS) is 19.2. The SMILES string of the molecule is C[C@H]1CN(C(=O)OC(C)(C)C)Cc2cnc(CO)n21. The van der Waals surface area contributed by atoms with Gasteiger partial charge in [-0.05, 0) is 27.7 Å². The fourth-order valence-electron chi connectivity index (χ4n) is 2.34. The number of imidazole rings is 1. The number of fused-ring (bicyclic) bond motifs is 1. The van der Waals surface area contributed by atoms with Crippen LogP contribution < -0.4 is 0 Å². The van der Waals surface area contributed by atoms with Crippen LogP contribution in [0.25, 0.3) is 0 Å². The topological polar surface area (TPSA) is 67.6 Å². The molecule has 1 aliphatic rings. The summed E-state index contributed by atoms with van der Waals surface area (Å²) in [6.07, 6.45) is 1.40. The van der Waals surface area contributed by atoms with Gasteiger partial charge >= 0.3 is 6.09 Å². The van der Waals surface area contributed by atoms with Crippen LogP contribution in [0, 0.1) is 0 Å². The highest BCUT2D eigenvalue weighted by Gasteiger charge is 2.30. The smallest absolute Gasteiger partial charge is 0.410 e. The lowest BCUT2D eigenvalue weighted by molar-refractivity contribution is 0.0171. The standard InChI is InChI=1S/C13H21N3O3/c1-9-6-15(12(18)19-13(2,3)4)7-10-5-14-11(8-17)16(9)10/h5,9,17H,6-8H2,1-4H3/t9-/m0/s1. The number of rotatable bonds is 1. The molecule has 1 amide bonds. The molecule has 106 valence electrons. The Kier molecular flexibility index (Phi) is 3.54. The van der Waals surface area contributed by atoms with Crippen LogP contribution >= 0.6 is 0 Å². The molecule has 0 bridgehead atoms. The van der Waals surface area contributed by atoms with Gasteiger partial charge in [0.2, 0.25) is 0 Å². The molecule has 1 N–H and O–H groups in total. The molecular formula is C13H21N3O3. The summed E-state index contributed by atoms with van der Waals surface area (Å²) >= 11 is 0. The van der Waals surface area contributed by atoms with Gasteiger partial charge in [-0.15, -0.1) is 0 Å². The molecule has 1 aromatic rings. The second-order valence-corrected chi connectivity index (χ2v) is 5.90. The molecule has 2 rings (SSSR count). The molecular weight excluding hydrogens is 246 g/mol. The fraction of sp³-hybridized carbons (Fsp3) is 0.692. The Bertz CT molecular complexity index is 476. The van der Waals surface area contributed by atoms with Crippen LogP contribution in [-0.4, -0.2) is 37.8 Å². The second kappa shape index (κ2) is 4.85. The van der Waals surface area contributed by atoms with E-state index in [1.165, 1.54) is 0 Å². The van der Waals surface area contributed by atoms with Gasteiger partial charge in [-0.25, -0.2) is 9.78 Å². The maximum Gasteiger partial charge on any atom is 0.410 e. The zero-order valence-electron chi connectivity index (χ0n) is 11.9. The third kappa shape index (κ3) is 2.89. The van der Waals surface area contributed by atoms with Crippen molar-refractivity contribution in [3.8, 4) is 0 Å². The first-order valence-corrected chi connectivity index (χ1v) is 6.45. The van der Waals surface area contributed by atoms with Crippen molar-refractivity contribution < 1.29 is 14.6 Å². The van der Waals surface area contributed by atoms with Crippen molar-refractivity contribution in [3.63, 3.8) is 0 Å². The van der Waals surface area contributed by atoms with E-state index >= 15 is 0 Å². The van der Waals surface area contributed by atoms with Gasteiger partial charge in [-0.3, -0.25) is 0 Å². The molecule has 0 aliphatic carbocycles. The van der Waals surface area contributed by atoms with Gasteiger partial charge in [0.15, 0.2) is 0 Å². The molecule has 19 heavy (non-hydrogen) atoms. The molecule has 1 aliphatic heterocycles. The first-order chi connectivity index (χ1) is 8.81. The number of aliphatic hydroxyl groups excluding tert-OH is 1. The third-order valence-corrected chi connectivity index (χ3v) is 3.02. The van der Waals surface area contributed by atoms with Crippen molar-refractivity contribution in [2.45, 2.75) is 52.5 Å². The quantitative estimate of drug-likeness (QED) is 0.840. The maximum atomic E-state index is 12.1. The number of hydrogen-bond donors (Lipinski definition) is 1. The number of amides is 1. The average molecular weight is 267 g/mol. The van der Waals surface area contributed by atoms with Gasteiger partial charge in [-0.2, -0.15) is 0 Å². The van der Waals surface area contributed by atoms with Crippen molar-refractivity contribution >= 4 is 6.09 Å². The maximum absolute atomic E-state index is 12.1. The van der Waals surface area contributed by atoms with Gasteiger partial charge < -0.3 is 19.3 Å². The highest BCUT2D eigenvalue weighted by Crippen LogP contribution is 2.24. The lowest BCUT2D eigenvalue weighted by atomic mass is 10.2. The van der Waals surface area contributed by atoms with Crippen LogP contribution in [0.5, 0.6) is 0 Å². The van der Waals surface area contributed by atoms with Crippen molar-refractivity contribution in [3.05, 3.63) is 17.7 Å². The summed E-state index contributed by atoms with van der Waals surface area (Å²) < 4.78 is 7.37. The minimum Gasteiger partial charge on any atom is -0.444 e. The van der Waals surface area contributed by atoms with Crippen molar-refractivity contribution in [1.82, 2.24) is 14.5 Å². The Morgan fingerprint density at radius 2 is 2.26 bits per heavy atom. The molecule has 0 spiro atoms. The minimum absolute atomic E-state index is 0.0842. The molecule has 1 aromatic heterocycles. The van der Waals surface area contributed by atoms with Crippen molar-refractivity contribution in [2.75, 3.05) is 6.54 Å². The van der Waals surface area contributed by atoms with Crippen LogP contribution in [0.4, 0.5) is 4.79 Å². The van der Waals surface area contributed by atoms with Gasteiger partial charge in [0, 0.05) is 6.54 Å². The summed E-state index contributed by atoms with van der Waals surface area (Å²) in [5.41, 5.74) is 0.433. The fourth-order valence-corrected chi connectivity index (χ4v) is 2.34. The summed E-state index contributed by atoms with van der Waals surface area (Å²) in [6, 6.07) is 0.0842. The van der Waals surface area contributed by atoms with E-state index < -0.39 is 5.60 Å². The van der Waals surface area contributed by atoms with Crippen LogP contribution in [0.2, 0.25) is 0 Å². The first kappa shape index (κ1) is 13.9. The summed E-state index contributed by atoms with van der Waals surface area (Å²) in [7, 11) is 0. The Morgan fingerprint density at radius 3 is 2.84 bits per heavy atom. The number of nitrogens with zero attached hydrogens (tertiary/aromatic N) is 3. The molecule has 6 heteroatoms. The lowest BCUT2D eigenvalue weighted by Gasteiger charge is -2.34. The van der Waals surface area contributed by atoms with E-state index in [4.69, 9.17) is 4.74 Å². The van der Waals surface area contributed by atoms with Gasteiger partial charge in [0.05, 0.1) is 24.5 Å². The van der Waals surface area contributed by atoms with Crippen LogP contribution in [-0.2, 0) is 17.9 Å². The Labute approximate surface area is 113 Å². The Balaban J connectivity index is 2.15. The van der Waals surface area contributed by atoms with Gasteiger partial charge in [-0.1, -0.05) is 0 Å². The molecule has 6 nitrogen and oxygen atoms in total. The van der Waals surface area contributed by atoms with E-state index in [1.54, 1.807) is 11.1 Å². The molecule has 2 heterocycles. The lowest BCUT2D eigenvalue weighted by Crippen LogP contribution is -2.43. The third-order valence-electron chi connectivity index (χ3n) is 3.02. The van der Waals surface area contributed by atoms with E-state index in [9.17, 15) is 9.90 Å². The number of aliphatic hydroxyl groups is 1. The number of carbonyl (C=O) groups excluding carboxylic acids is 1. The summed E-state index contributed by atoms with van der Waals surface area (Å²) in [5, 5.41) is 9.24. The first-order valence-electron chi connectivity index (χ1n) is 6.45. The van der Waals surface area contributed by atoms with Gasteiger partial charge in [0.1, 0.15) is 18.0 Å². The number of hydrogen-bond acceptors (Lipinski definition) is 4. The predicted octanol–water partition coefficient (Wildman–Crippen LogP) is 1.69. The highest BCUT2D eigenvalue weighted by molar-refractivity contribution is 5.68. The zero-order chi connectivity index (χ0) is 14.2. The average Bonchev–Trinajstić information content (AvgIpc) is 2.70. The summed E-state index contributed by atoms with van der Waals surface area (Å²) in [5.74, 6) is 0.645. The zero-order valence-corrected chi connectivity index (χ0v) is 11.9.